The van der Waals surface area contributed by atoms with Crippen molar-refractivity contribution in [3.63, 3.8) is 0 Å². The Balaban J connectivity index is 0.000000509. The Morgan fingerprint density at radius 1 is 0.913 bits per heavy atom. The second kappa shape index (κ2) is 9.96. The smallest absolute Gasteiger partial charge is 0.300 e. The summed E-state index contributed by atoms with van der Waals surface area (Å²) in [6, 6.07) is 16.9. The number of hydrogen-bond acceptors (Lipinski definition) is 4. The standard InChI is InChI=1S/C12H10O2S.C2H4O2.CH5N3/c13-15(14,11-7-3-1-4-8-11)12-9-5-2-6-10-12;1-2(3)4;2-1(3)4/h1-10H;1H3,(H,3,4);(H5,2,3,4). The molecular weight excluding hydrogens is 318 g/mol. The highest BCUT2D eigenvalue weighted by Crippen LogP contribution is 2.19. The predicted octanol–water partition coefficient (Wildman–Crippen LogP) is 1.45. The van der Waals surface area contributed by atoms with Crippen LogP contribution in [0.5, 0.6) is 0 Å². The Hall–Kier alpha value is -2.87. The van der Waals surface area contributed by atoms with E-state index in [1.54, 1.807) is 60.7 Å². The van der Waals surface area contributed by atoms with E-state index in [-0.39, 0.29) is 5.96 Å². The minimum absolute atomic E-state index is 0.330. The first kappa shape index (κ1) is 20.1. The summed E-state index contributed by atoms with van der Waals surface area (Å²) in [7, 11) is -3.34. The van der Waals surface area contributed by atoms with Gasteiger partial charge in [0.15, 0.2) is 5.96 Å². The van der Waals surface area contributed by atoms with E-state index in [0.29, 0.717) is 9.79 Å². The maximum absolute atomic E-state index is 12.0. The van der Waals surface area contributed by atoms with E-state index in [2.05, 4.69) is 11.5 Å². The minimum atomic E-state index is -3.34. The summed E-state index contributed by atoms with van der Waals surface area (Å²) in [5.74, 6) is -1.17. The molecule has 2 aromatic carbocycles. The molecule has 0 fully saturated rings. The number of benzene rings is 2. The van der Waals surface area contributed by atoms with Gasteiger partial charge in [0.05, 0.1) is 9.79 Å². The molecule has 0 unspecified atom stereocenters. The molecule has 23 heavy (non-hydrogen) atoms. The SMILES string of the molecule is CC(=O)O.N=C(N)N.O=S(=O)(c1ccccc1)c1ccccc1. The summed E-state index contributed by atoms with van der Waals surface area (Å²) < 4.78 is 24.1. The van der Waals surface area contributed by atoms with Crippen LogP contribution in [-0.4, -0.2) is 25.5 Å². The zero-order valence-corrected chi connectivity index (χ0v) is 13.3. The van der Waals surface area contributed by atoms with Crippen LogP contribution in [0.4, 0.5) is 0 Å². The first-order valence-corrected chi connectivity index (χ1v) is 7.80. The van der Waals surface area contributed by atoms with Crippen molar-refractivity contribution in [3.8, 4) is 0 Å². The number of rotatable bonds is 2. The molecule has 6 N–H and O–H groups in total. The molecule has 0 bridgehead atoms. The van der Waals surface area contributed by atoms with E-state index < -0.39 is 15.8 Å². The first-order valence-electron chi connectivity index (χ1n) is 6.32. The van der Waals surface area contributed by atoms with Crippen LogP contribution in [0.25, 0.3) is 0 Å². The Morgan fingerprint density at radius 3 is 1.35 bits per heavy atom. The molecule has 0 spiro atoms. The normalized spacial score (nSPS) is 9.43. The third kappa shape index (κ3) is 8.89. The van der Waals surface area contributed by atoms with Crippen molar-refractivity contribution in [1.29, 1.82) is 5.41 Å². The molecule has 0 heterocycles. The monoisotopic (exact) mass is 337 g/mol. The summed E-state index contributed by atoms with van der Waals surface area (Å²) in [5.41, 5.74) is 8.94. The van der Waals surface area contributed by atoms with Crippen LogP contribution < -0.4 is 11.5 Å². The van der Waals surface area contributed by atoms with Gasteiger partial charge in [-0.1, -0.05) is 36.4 Å². The van der Waals surface area contributed by atoms with Gasteiger partial charge in [-0.25, -0.2) is 8.42 Å². The van der Waals surface area contributed by atoms with Crippen LogP contribution in [0.1, 0.15) is 6.92 Å². The number of nitrogens with two attached hydrogens (primary N) is 2. The molecule has 7 nitrogen and oxygen atoms in total. The van der Waals surface area contributed by atoms with E-state index in [1.165, 1.54) is 0 Å². The van der Waals surface area contributed by atoms with Crippen LogP contribution in [-0.2, 0) is 14.6 Å². The lowest BCUT2D eigenvalue weighted by Crippen LogP contribution is -2.20. The lowest BCUT2D eigenvalue weighted by molar-refractivity contribution is -0.134. The van der Waals surface area contributed by atoms with Crippen LogP contribution >= 0.6 is 0 Å². The number of carboxylic acid groups (broad SMARTS) is 1. The number of sulfone groups is 1. The molecule has 124 valence electrons. The molecule has 0 aromatic heterocycles. The molecule has 0 radical (unpaired) electrons. The Bertz CT molecular complexity index is 651. The molecule has 8 heteroatoms. The number of guanidine groups is 1. The van der Waals surface area contributed by atoms with Gasteiger partial charge < -0.3 is 16.6 Å². The molecule has 0 amide bonds. The van der Waals surface area contributed by atoms with Crippen LogP contribution in [0.2, 0.25) is 0 Å². The Morgan fingerprint density at radius 2 is 1.13 bits per heavy atom. The van der Waals surface area contributed by atoms with Gasteiger partial charge in [-0.3, -0.25) is 10.2 Å². The third-order valence-electron chi connectivity index (χ3n) is 2.11. The largest absolute Gasteiger partial charge is 0.481 e. The second-order valence-electron chi connectivity index (χ2n) is 4.10. The average Bonchev–Trinajstić information content (AvgIpc) is 2.48. The summed E-state index contributed by atoms with van der Waals surface area (Å²) >= 11 is 0. The van der Waals surface area contributed by atoms with Crippen molar-refractivity contribution in [2.45, 2.75) is 16.7 Å². The van der Waals surface area contributed by atoms with Gasteiger partial charge in [0, 0.05) is 6.92 Å². The molecule has 0 saturated heterocycles. The van der Waals surface area contributed by atoms with E-state index in [9.17, 15) is 8.42 Å². The van der Waals surface area contributed by atoms with Gasteiger partial charge in [0.2, 0.25) is 9.84 Å². The molecule has 0 saturated carbocycles. The Kier molecular flexibility index (Phi) is 8.71. The molecule has 0 atom stereocenters. The summed E-state index contributed by atoms with van der Waals surface area (Å²) in [4.78, 5) is 9.66. The van der Waals surface area contributed by atoms with Gasteiger partial charge in [0.1, 0.15) is 0 Å². The fourth-order valence-corrected chi connectivity index (χ4v) is 2.64. The van der Waals surface area contributed by atoms with E-state index in [4.69, 9.17) is 15.3 Å². The van der Waals surface area contributed by atoms with Gasteiger partial charge >= 0.3 is 0 Å². The zero-order valence-electron chi connectivity index (χ0n) is 12.5. The van der Waals surface area contributed by atoms with E-state index in [1.807, 2.05) is 0 Å². The number of nitrogens with one attached hydrogen (secondary N) is 1. The Labute approximate surface area is 135 Å². The van der Waals surface area contributed by atoms with Gasteiger partial charge in [-0.2, -0.15) is 0 Å². The van der Waals surface area contributed by atoms with Crippen molar-refractivity contribution in [2.24, 2.45) is 11.5 Å². The number of aliphatic carboxylic acids is 1. The minimum Gasteiger partial charge on any atom is -0.481 e. The van der Waals surface area contributed by atoms with E-state index in [0.717, 1.165) is 6.92 Å². The maximum atomic E-state index is 12.0. The molecule has 0 aliphatic rings. The molecule has 2 aromatic rings. The van der Waals surface area contributed by atoms with Crippen molar-refractivity contribution in [1.82, 2.24) is 0 Å². The number of carboxylic acids is 1. The molecule has 0 aliphatic heterocycles. The molecular formula is C15H19N3O4S. The van der Waals surface area contributed by atoms with Crippen molar-refractivity contribution in [3.05, 3.63) is 60.7 Å². The predicted molar refractivity (Wildman–Crippen MR) is 87.7 cm³/mol. The van der Waals surface area contributed by atoms with E-state index >= 15 is 0 Å². The van der Waals surface area contributed by atoms with Crippen LogP contribution in [0, 0.1) is 5.41 Å². The molecule has 0 aliphatic carbocycles. The van der Waals surface area contributed by atoms with Gasteiger partial charge in [-0.15, -0.1) is 0 Å². The van der Waals surface area contributed by atoms with Gasteiger partial charge in [0.25, 0.3) is 5.97 Å². The van der Waals surface area contributed by atoms with Crippen LogP contribution in [0.3, 0.4) is 0 Å². The van der Waals surface area contributed by atoms with Crippen molar-refractivity contribution >= 4 is 21.8 Å². The lowest BCUT2D eigenvalue weighted by Gasteiger charge is -2.03. The zero-order chi connectivity index (χ0) is 17.9. The van der Waals surface area contributed by atoms with Crippen molar-refractivity contribution < 1.29 is 18.3 Å². The summed E-state index contributed by atoms with van der Waals surface area (Å²) in [6.45, 7) is 1.08. The highest BCUT2D eigenvalue weighted by molar-refractivity contribution is 7.91. The summed E-state index contributed by atoms with van der Waals surface area (Å²) in [5, 5.41) is 13.5. The number of carbonyl (C=O) groups is 1. The second-order valence-corrected chi connectivity index (χ2v) is 6.05. The highest BCUT2D eigenvalue weighted by Gasteiger charge is 2.15. The van der Waals surface area contributed by atoms with Gasteiger partial charge in [-0.05, 0) is 24.3 Å². The third-order valence-corrected chi connectivity index (χ3v) is 3.89. The fourth-order valence-electron chi connectivity index (χ4n) is 1.34. The highest BCUT2D eigenvalue weighted by atomic mass is 32.2. The van der Waals surface area contributed by atoms with Crippen LogP contribution in [0.15, 0.2) is 70.5 Å². The topological polar surface area (TPSA) is 147 Å². The lowest BCUT2D eigenvalue weighted by atomic mass is 10.4. The van der Waals surface area contributed by atoms with Crippen molar-refractivity contribution in [2.75, 3.05) is 0 Å². The summed E-state index contributed by atoms with van der Waals surface area (Å²) in [6.07, 6.45) is 0. The fraction of sp³-hybridized carbons (Fsp3) is 0.0667. The number of hydrogen-bond donors (Lipinski definition) is 4. The quantitative estimate of drug-likeness (QED) is 0.481. The maximum Gasteiger partial charge on any atom is 0.300 e. The average molecular weight is 337 g/mol. The molecule has 2 rings (SSSR count). The first-order chi connectivity index (χ1) is 10.7.